The molecule has 1 atom stereocenters. The lowest BCUT2D eigenvalue weighted by atomic mass is 9.85. The molecule has 0 aliphatic heterocycles. The Morgan fingerprint density at radius 2 is 1.82 bits per heavy atom. The van der Waals surface area contributed by atoms with Crippen molar-refractivity contribution in [1.82, 2.24) is 0 Å². The zero-order valence-electron chi connectivity index (χ0n) is 9.89. The van der Waals surface area contributed by atoms with Gasteiger partial charge >= 0.3 is 0 Å². The fraction of sp³-hybridized carbons (Fsp3) is 0.250. The lowest BCUT2D eigenvalue weighted by Gasteiger charge is -2.23. The zero-order chi connectivity index (χ0) is 11.7. The van der Waals surface area contributed by atoms with Gasteiger partial charge in [0.25, 0.3) is 0 Å². The third-order valence-electron chi connectivity index (χ3n) is 3.57. The number of hydrogen-bond donors (Lipinski definition) is 1. The topological polar surface area (TPSA) is 26.0 Å². The summed E-state index contributed by atoms with van der Waals surface area (Å²) in [5.41, 5.74) is 11.6. The van der Waals surface area contributed by atoms with Crippen LogP contribution >= 0.6 is 0 Å². The number of allylic oxidation sites excluding steroid dienone is 3. The third kappa shape index (κ3) is 1.98. The van der Waals surface area contributed by atoms with Crippen LogP contribution in [0.15, 0.2) is 53.6 Å². The molecule has 17 heavy (non-hydrogen) atoms. The van der Waals surface area contributed by atoms with Crippen molar-refractivity contribution >= 4 is 6.08 Å². The molecule has 3 rings (SSSR count). The summed E-state index contributed by atoms with van der Waals surface area (Å²) in [7, 11) is 0. The molecular formula is C16H17N. The molecule has 0 saturated carbocycles. The molecule has 0 heterocycles. The summed E-state index contributed by atoms with van der Waals surface area (Å²) in [5.74, 6) is 0. The molecule has 0 spiro atoms. The van der Waals surface area contributed by atoms with Crippen LogP contribution in [-0.2, 0) is 6.42 Å². The van der Waals surface area contributed by atoms with E-state index < -0.39 is 0 Å². The Bertz CT molecular complexity index is 520. The highest BCUT2D eigenvalue weighted by Gasteiger charge is 2.17. The van der Waals surface area contributed by atoms with Gasteiger partial charge in [-0.05, 0) is 41.5 Å². The van der Waals surface area contributed by atoms with Gasteiger partial charge in [-0.15, -0.1) is 0 Å². The van der Waals surface area contributed by atoms with E-state index in [2.05, 4.69) is 48.6 Å². The highest BCUT2D eigenvalue weighted by atomic mass is 14.6. The number of hydrogen-bond acceptors (Lipinski definition) is 1. The smallest absolute Gasteiger partial charge is 0.0338 e. The summed E-state index contributed by atoms with van der Waals surface area (Å²) >= 11 is 0. The second kappa shape index (κ2) is 4.34. The minimum absolute atomic E-state index is 0.132. The second-order valence-corrected chi connectivity index (χ2v) is 4.74. The molecule has 0 bridgehead atoms. The van der Waals surface area contributed by atoms with Crippen LogP contribution in [0.25, 0.3) is 6.08 Å². The summed E-state index contributed by atoms with van der Waals surface area (Å²) in [5, 5.41) is 0. The van der Waals surface area contributed by atoms with Gasteiger partial charge in [-0.3, -0.25) is 0 Å². The monoisotopic (exact) mass is 223 g/mol. The summed E-state index contributed by atoms with van der Waals surface area (Å²) in [4.78, 5) is 0. The Morgan fingerprint density at radius 1 is 1.00 bits per heavy atom. The summed E-state index contributed by atoms with van der Waals surface area (Å²) in [6.45, 7) is 0. The van der Waals surface area contributed by atoms with E-state index in [-0.39, 0.29) is 6.04 Å². The van der Waals surface area contributed by atoms with Crippen molar-refractivity contribution in [2.75, 3.05) is 0 Å². The predicted octanol–water partition coefficient (Wildman–Crippen LogP) is 3.23. The van der Waals surface area contributed by atoms with Gasteiger partial charge in [-0.25, -0.2) is 0 Å². The van der Waals surface area contributed by atoms with Crippen molar-refractivity contribution in [2.24, 2.45) is 5.73 Å². The molecule has 1 aromatic rings. The average Bonchev–Trinajstić information content (AvgIpc) is 2.36. The van der Waals surface area contributed by atoms with E-state index in [1.807, 2.05) is 0 Å². The minimum atomic E-state index is 0.132. The van der Waals surface area contributed by atoms with Crippen LogP contribution in [0.1, 0.15) is 24.0 Å². The first-order valence-corrected chi connectivity index (χ1v) is 6.27. The highest BCUT2D eigenvalue weighted by molar-refractivity contribution is 5.62. The van der Waals surface area contributed by atoms with Gasteiger partial charge in [0.05, 0.1) is 0 Å². The van der Waals surface area contributed by atoms with Crippen molar-refractivity contribution in [3.05, 3.63) is 64.8 Å². The molecular weight excluding hydrogens is 206 g/mol. The summed E-state index contributed by atoms with van der Waals surface area (Å²) in [6, 6.07) is 8.65. The fourth-order valence-electron chi connectivity index (χ4n) is 2.65. The van der Waals surface area contributed by atoms with Crippen LogP contribution in [-0.4, -0.2) is 6.04 Å². The van der Waals surface area contributed by atoms with Crippen molar-refractivity contribution in [3.63, 3.8) is 0 Å². The number of benzene rings is 1. The van der Waals surface area contributed by atoms with Crippen LogP contribution in [0.2, 0.25) is 0 Å². The Kier molecular flexibility index (Phi) is 2.69. The number of rotatable bonds is 0. The van der Waals surface area contributed by atoms with Gasteiger partial charge in [-0.2, -0.15) is 0 Å². The van der Waals surface area contributed by atoms with E-state index >= 15 is 0 Å². The lowest BCUT2D eigenvalue weighted by Crippen LogP contribution is -2.27. The zero-order valence-corrected chi connectivity index (χ0v) is 9.89. The SMILES string of the molecule is NC1Cc2ccccc2/C=C\C2=CCCC=C21. The molecule has 0 saturated heterocycles. The molecule has 2 N–H and O–H groups in total. The maximum Gasteiger partial charge on any atom is 0.0338 e. The maximum atomic E-state index is 6.33. The summed E-state index contributed by atoms with van der Waals surface area (Å²) < 4.78 is 0. The van der Waals surface area contributed by atoms with Crippen molar-refractivity contribution < 1.29 is 0 Å². The molecule has 86 valence electrons. The maximum absolute atomic E-state index is 6.33. The molecule has 2 aliphatic carbocycles. The Hall–Kier alpha value is -1.60. The number of fused-ring (bicyclic) bond motifs is 2. The van der Waals surface area contributed by atoms with E-state index in [0.717, 1.165) is 19.3 Å². The lowest BCUT2D eigenvalue weighted by molar-refractivity contribution is 0.756. The van der Waals surface area contributed by atoms with Crippen LogP contribution in [0.3, 0.4) is 0 Å². The summed E-state index contributed by atoms with van der Waals surface area (Å²) in [6.07, 6.45) is 12.2. The van der Waals surface area contributed by atoms with Gasteiger partial charge in [0, 0.05) is 6.04 Å². The molecule has 1 nitrogen and oxygen atoms in total. The highest BCUT2D eigenvalue weighted by Crippen LogP contribution is 2.28. The fourth-order valence-corrected chi connectivity index (χ4v) is 2.65. The molecule has 0 amide bonds. The molecule has 1 unspecified atom stereocenters. The van der Waals surface area contributed by atoms with Crippen molar-refractivity contribution in [2.45, 2.75) is 25.3 Å². The first kappa shape index (κ1) is 10.5. The molecule has 0 radical (unpaired) electrons. The van der Waals surface area contributed by atoms with Crippen molar-refractivity contribution in [1.29, 1.82) is 0 Å². The predicted molar refractivity (Wildman–Crippen MR) is 72.6 cm³/mol. The molecule has 0 fully saturated rings. The molecule has 1 heteroatoms. The van der Waals surface area contributed by atoms with Gasteiger partial charge in [-0.1, -0.05) is 48.6 Å². The van der Waals surface area contributed by atoms with E-state index in [1.54, 1.807) is 0 Å². The first-order chi connectivity index (χ1) is 8.34. The average molecular weight is 223 g/mol. The van der Waals surface area contributed by atoms with Crippen molar-refractivity contribution in [3.8, 4) is 0 Å². The van der Waals surface area contributed by atoms with Crippen LogP contribution in [0.4, 0.5) is 0 Å². The molecule has 2 aliphatic rings. The minimum Gasteiger partial charge on any atom is -0.324 e. The Balaban J connectivity index is 2.08. The first-order valence-electron chi connectivity index (χ1n) is 6.27. The van der Waals surface area contributed by atoms with E-state index in [0.29, 0.717) is 0 Å². The largest absolute Gasteiger partial charge is 0.324 e. The standard InChI is InChI=1S/C16H17N/c17-16-11-14-7-2-1-5-12(14)9-10-13-6-3-4-8-15(13)16/h1-2,5-10,16H,3-4,11,17H2/b10-9-. The second-order valence-electron chi connectivity index (χ2n) is 4.74. The van der Waals surface area contributed by atoms with Gasteiger partial charge in [0.2, 0.25) is 0 Å². The van der Waals surface area contributed by atoms with Crippen LogP contribution in [0, 0.1) is 0 Å². The van der Waals surface area contributed by atoms with Gasteiger partial charge < -0.3 is 5.73 Å². The van der Waals surface area contributed by atoms with E-state index in [9.17, 15) is 0 Å². The Labute approximate surface area is 102 Å². The van der Waals surface area contributed by atoms with Gasteiger partial charge in [0.15, 0.2) is 0 Å². The van der Waals surface area contributed by atoms with Gasteiger partial charge in [0.1, 0.15) is 0 Å². The Morgan fingerprint density at radius 3 is 2.76 bits per heavy atom. The third-order valence-corrected chi connectivity index (χ3v) is 3.57. The number of nitrogens with two attached hydrogens (primary N) is 1. The van der Waals surface area contributed by atoms with Crippen LogP contribution in [0.5, 0.6) is 0 Å². The van der Waals surface area contributed by atoms with Crippen LogP contribution < -0.4 is 5.73 Å². The van der Waals surface area contributed by atoms with E-state index in [1.165, 1.54) is 22.3 Å². The normalized spacial score (nSPS) is 24.6. The van der Waals surface area contributed by atoms with E-state index in [4.69, 9.17) is 5.73 Å². The molecule has 1 aromatic carbocycles. The molecule has 0 aromatic heterocycles. The quantitative estimate of drug-likeness (QED) is 0.718.